The van der Waals surface area contributed by atoms with Crippen LogP contribution in [0.1, 0.15) is 33.3 Å². The minimum Gasteiger partial charge on any atom is -0.489 e. The Hall–Kier alpha value is -3.52. The Morgan fingerprint density at radius 3 is 2.25 bits per heavy atom. The number of hydrogen-bond acceptors (Lipinski definition) is 5. The molecule has 3 aromatic carbocycles. The second-order valence-electron chi connectivity index (χ2n) is 7.48. The molecule has 1 amide bonds. The summed E-state index contributed by atoms with van der Waals surface area (Å²) in [6.45, 7) is 2.05. The van der Waals surface area contributed by atoms with Crippen LogP contribution in [-0.2, 0) is 11.3 Å². The molecule has 0 aliphatic heterocycles. The summed E-state index contributed by atoms with van der Waals surface area (Å²) >= 11 is 18.3. The molecule has 0 fully saturated rings. The lowest BCUT2D eigenvalue weighted by Crippen LogP contribution is -2.18. The summed E-state index contributed by atoms with van der Waals surface area (Å²) in [5.74, 6) is -0.341. The molecule has 0 aliphatic rings. The first kappa shape index (κ1) is 25.6. The molecule has 0 unspecified atom stereocenters. The largest absolute Gasteiger partial charge is 0.489 e. The van der Waals surface area contributed by atoms with Crippen LogP contribution in [0.4, 0.5) is 5.82 Å². The van der Waals surface area contributed by atoms with E-state index in [1.165, 1.54) is 6.33 Å². The van der Waals surface area contributed by atoms with E-state index in [9.17, 15) is 9.59 Å². The maximum absolute atomic E-state index is 12.9. The van der Waals surface area contributed by atoms with E-state index < -0.39 is 11.9 Å². The van der Waals surface area contributed by atoms with E-state index in [2.05, 4.69) is 10.3 Å². The van der Waals surface area contributed by atoms with Gasteiger partial charge in [-0.25, -0.2) is 9.78 Å². The van der Waals surface area contributed by atoms with Crippen molar-refractivity contribution in [1.82, 2.24) is 9.55 Å². The van der Waals surface area contributed by atoms with Crippen LogP contribution in [0.5, 0.6) is 5.75 Å². The quantitative estimate of drug-likeness (QED) is 0.246. The standard InChI is InChI=1S/C26H20Cl3N3O4/c1-2-35-26(34)23-24(31-25(33)16-6-8-17(27)9-7-16)32(15-30-23)18-10-12-19(13-11-18)36-14-20-21(28)4-3-5-22(20)29/h3-13,15H,2,14H2,1H3,(H,31,33). The number of aromatic nitrogens is 2. The summed E-state index contributed by atoms with van der Waals surface area (Å²) in [5.41, 5.74) is 1.66. The number of ether oxygens (including phenoxy) is 2. The van der Waals surface area contributed by atoms with E-state index in [0.717, 1.165) is 0 Å². The van der Waals surface area contributed by atoms with Gasteiger partial charge in [-0.2, -0.15) is 0 Å². The minimum atomic E-state index is -0.653. The van der Waals surface area contributed by atoms with Crippen molar-refractivity contribution in [2.45, 2.75) is 13.5 Å². The number of esters is 1. The topological polar surface area (TPSA) is 82.4 Å². The van der Waals surface area contributed by atoms with Gasteiger partial charge in [-0.1, -0.05) is 40.9 Å². The van der Waals surface area contributed by atoms with Crippen LogP contribution in [0.15, 0.2) is 73.1 Å². The van der Waals surface area contributed by atoms with Gasteiger partial charge >= 0.3 is 5.97 Å². The second kappa shape index (κ2) is 11.5. The van der Waals surface area contributed by atoms with Crippen LogP contribution in [0.2, 0.25) is 15.1 Å². The van der Waals surface area contributed by atoms with Crippen molar-refractivity contribution in [1.29, 1.82) is 0 Å². The van der Waals surface area contributed by atoms with Gasteiger partial charge < -0.3 is 14.8 Å². The highest BCUT2D eigenvalue weighted by atomic mass is 35.5. The fourth-order valence-corrected chi connectivity index (χ4v) is 3.95. The van der Waals surface area contributed by atoms with Crippen LogP contribution in [-0.4, -0.2) is 28.0 Å². The Morgan fingerprint density at radius 2 is 1.61 bits per heavy atom. The highest BCUT2D eigenvalue weighted by Crippen LogP contribution is 2.27. The molecule has 0 atom stereocenters. The molecule has 4 aromatic rings. The number of amides is 1. The zero-order valence-corrected chi connectivity index (χ0v) is 21.3. The summed E-state index contributed by atoms with van der Waals surface area (Å²) in [6, 6.07) is 18.6. The molecule has 1 aromatic heterocycles. The Kier molecular flexibility index (Phi) is 8.15. The predicted octanol–water partition coefficient (Wildman–Crippen LogP) is 6.84. The molecule has 0 saturated heterocycles. The van der Waals surface area contributed by atoms with E-state index in [-0.39, 0.29) is 24.7 Å². The number of halogens is 3. The molecule has 0 bridgehead atoms. The zero-order valence-electron chi connectivity index (χ0n) is 19.0. The second-order valence-corrected chi connectivity index (χ2v) is 8.73. The number of rotatable bonds is 8. The van der Waals surface area contributed by atoms with Crippen molar-refractivity contribution in [3.8, 4) is 11.4 Å². The highest BCUT2D eigenvalue weighted by Gasteiger charge is 2.22. The number of imidazole rings is 1. The first-order chi connectivity index (χ1) is 17.4. The molecular weight excluding hydrogens is 525 g/mol. The van der Waals surface area contributed by atoms with Crippen LogP contribution in [0.25, 0.3) is 5.69 Å². The molecule has 184 valence electrons. The number of nitrogens with one attached hydrogen (secondary N) is 1. The minimum absolute atomic E-state index is 0.0205. The average Bonchev–Trinajstić information content (AvgIpc) is 3.28. The first-order valence-electron chi connectivity index (χ1n) is 10.8. The van der Waals surface area contributed by atoms with Gasteiger partial charge in [0.25, 0.3) is 5.91 Å². The Balaban J connectivity index is 1.59. The summed E-state index contributed by atoms with van der Waals surface area (Å²) in [7, 11) is 0. The molecule has 0 spiro atoms. The maximum atomic E-state index is 12.9. The monoisotopic (exact) mass is 543 g/mol. The number of nitrogens with zero attached hydrogens (tertiary/aromatic N) is 2. The van der Waals surface area contributed by atoms with Crippen molar-refractivity contribution < 1.29 is 19.1 Å². The average molecular weight is 545 g/mol. The van der Waals surface area contributed by atoms with Crippen LogP contribution in [0.3, 0.4) is 0 Å². The van der Waals surface area contributed by atoms with Gasteiger partial charge in [0.1, 0.15) is 18.7 Å². The van der Waals surface area contributed by atoms with Crippen molar-refractivity contribution in [2.24, 2.45) is 0 Å². The smallest absolute Gasteiger partial charge is 0.360 e. The Bertz CT molecular complexity index is 1370. The normalized spacial score (nSPS) is 10.7. The highest BCUT2D eigenvalue weighted by molar-refractivity contribution is 6.36. The van der Waals surface area contributed by atoms with E-state index in [1.54, 1.807) is 78.2 Å². The fraction of sp³-hybridized carbons (Fsp3) is 0.115. The van der Waals surface area contributed by atoms with Crippen molar-refractivity contribution >= 4 is 52.5 Å². The fourth-order valence-electron chi connectivity index (χ4n) is 3.32. The van der Waals surface area contributed by atoms with Crippen LogP contribution in [0, 0.1) is 0 Å². The molecule has 0 radical (unpaired) electrons. The van der Waals surface area contributed by atoms with E-state index in [4.69, 9.17) is 44.3 Å². The number of carbonyl (C=O) groups is 2. The van der Waals surface area contributed by atoms with E-state index in [1.807, 2.05) is 0 Å². The van der Waals surface area contributed by atoms with E-state index in [0.29, 0.717) is 37.6 Å². The third-order valence-electron chi connectivity index (χ3n) is 5.13. The summed E-state index contributed by atoms with van der Waals surface area (Å²) < 4.78 is 12.5. The summed E-state index contributed by atoms with van der Waals surface area (Å²) in [4.78, 5) is 29.6. The van der Waals surface area contributed by atoms with Crippen molar-refractivity contribution in [2.75, 3.05) is 11.9 Å². The lowest BCUT2D eigenvalue weighted by molar-refractivity contribution is 0.0521. The molecular formula is C26H20Cl3N3O4. The van der Waals surface area contributed by atoms with Crippen LogP contribution >= 0.6 is 34.8 Å². The van der Waals surface area contributed by atoms with Crippen LogP contribution < -0.4 is 10.1 Å². The Labute approximate surface area is 222 Å². The number of hydrogen-bond donors (Lipinski definition) is 1. The van der Waals surface area contributed by atoms with Crippen molar-refractivity contribution in [3.05, 3.63) is 105 Å². The van der Waals surface area contributed by atoms with Crippen molar-refractivity contribution in [3.63, 3.8) is 0 Å². The maximum Gasteiger partial charge on any atom is 0.360 e. The van der Waals surface area contributed by atoms with Gasteiger partial charge in [-0.15, -0.1) is 0 Å². The lowest BCUT2D eigenvalue weighted by Gasteiger charge is -2.13. The SMILES string of the molecule is CCOC(=O)c1ncn(-c2ccc(OCc3c(Cl)cccc3Cl)cc2)c1NC(=O)c1ccc(Cl)cc1. The zero-order chi connectivity index (χ0) is 25.7. The molecule has 1 heterocycles. The summed E-state index contributed by atoms with van der Waals surface area (Å²) in [6.07, 6.45) is 1.43. The number of benzene rings is 3. The van der Waals surface area contributed by atoms with Gasteiger partial charge in [0.2, 0.25) is 0 Å². The molecule has 7 nitrogen and oxygen atoms in total. The number of anilines is 1. The molecule has 10 heteroatoms. The molecule has 0 aliphatic carbocycles. The molecule has 1 N–H and O–H groups in total. The number of carbonyl (C=O) groups excluding carboxylic acids is 2. The first-order valence-corrected chi connectivity index (χ1v) is 12.0. The van der Waals surface area contributed by atoms with Gasteiger partial charge in [0.05, 0.1) is 6.61 Å². The molecule has 4 rings (SSSR count). The van der Waals surface area contributed by atoms with Gasteiger partial charge in [-0.05, 0) is 67.6 Å². The Morgan fingerprint density at radius 1 is 0.944 bits per heavy atom. The summed E-state index contributed by atoms with van der Waals surface area (Å²) in [5, 5.41) is 4.30. The lowest BCUT2D eigenvalue weighted by atomic mass is 10.2. The van der Waals surface area contributed by atoms with Gasteiger partial charge in [-0.3, -0.25) is 9.36 Å². The predicted molar refractivity (Wildman–Crippen MR) is 140 cm³/mol. The third-order valence-corrected chi connectivity index (χ3v) is 6.09. The third kappa shape index (κ3) is 5.82. The molecule has 36 heavy (non-hydrogen) atoms. The van der Waals surface area contributed by atoms with E-state index >= 15 is 0 Å². The molecule has 0 saturated carbocycles. The van der Waals surface area contributed by atoms with Gasteiger partial charge in [0, 0.05) is 31.9 Å². The van der Waals surface area contributed by atoms with Gasteiger partial charge in [0.15, 0.2) is 11.5 Å².